The van der Waals surface area contributed by atoms with E-state index < -0.39 is 0 Å². The van der Waals surface area contributed by atoms with Crippen LogP contribution in [0.15, 0.2) is 6.08 Å². The van der Waals surface area contributed by atoms with Crippen LogP contribution in [0.5, 0.6) is 0 Å². The van der Waals surface area contributed by atoms with Crippen molar-refractivity contribution in [1.29, 1.82) is 0 Å². The third-order valence-corrected chi connectivity index (χ3v) is 1.79. The lowest BCUT2D eigenvalue weighted by molar-refractivity contribution is -0.103. The van der Waals surface area contributed by atoms with Crippen molar-refractivity contribution >= 4 is 28.5 Å². The summed E-state index contributed by atoms with van der Waals surface area (Å²) in [5, 5.41) is 0.383. The molecule has 0 aliphatic heterocycles. The van der Waals surface area contributed by atoms with E-state index in [0.29, 0.717) is 16.5 Å². The van der Waals surface area contributed by atoms with Gasteiger partial charge in [0.25, 0.3) is 0 Å². The molecular weight excluding hydrogens is 174 g/mol. The molecule has 0 spiro atoms. The molecule has 0 aromatic carbocycles. The highest BCUT2D eigenvalue weighted by Gasteiger charge is 2.05. The lowest BCUT2D eigenvalue weighted by Crippen LogP contribution is -1.89. The molecule has 0 unspecified atom stereocenters. The number of allylic oxidation sites excluding steroid dienone is 2. The molecule has 12 heavy (non-hydrogen) atoms. The number of carbonyl (C=O) groups excluding carboxylic acids is 1. The van der Waals surface area contributed by atoms with Gasteiger partial charge in [-0.2, -0.15) is 9.36 Å². The maximum atomic E-state index is 10.5. The van der Waals surface area contributed by atoms with E-state index in [9.17, 15) is 4.79 Å². The molecule has 2 N–H and O–H groups in total. The Morgan fingerprint density at radius 2 is 2.50 bits per heavy atom. The van der Waals surface area contributed by atoms with Gasteiger partial charge in [-0.15, -0.1) is 0 Å². The summed E-state index contributed by atoms with van der Waals surface area (Å²) in [6.07, 6.45) is 3.30. The summed E-state index contributed by atoms with van der Waals surface area (Å²) in [6, 6.07) is 0. The van der Waals surface area contributed by atoms with Crippen molar-refractivity contribution in [2.24, 2.45) is 0 Å². The van der Waals surface area contributed by atoms with E-state index in [1.807, 2.05) is 6.92 Å². The molecular formula is C7H9N3OS. The van der Waals surface area contributed by atoms with Crippen LogP contribution in [0.4, 0.5) is 5.13 Å². The van der Waals surface area contributed by atoms with E-state index >= 15 is 0 Å². The van der Waals surface area contributed by atoms with Crippen molar-refractivity contribution in [3.05, 3.63) is 11.9 Å². The summed E-state index contributed by atoms with van der Waals surface area (Å²) in [6.45, 7) is 1.94. The molecule has 4 nitrogen and oxygen atoms in total. The molecule has 0 saturated heterocycles. The van der Waals surface area contributed by atoms with E-state index in [1.54, 1.807) is 6.08 Å². The molecule has 0 radical (unpaired) electrons. The van der Waals surface area contributed by atoms with Gasteiger partial charge in [0.2, 0.25) is 0 Å². The minimum atomic E-state index is 0.383. The zero-order chi connectivity index (χ0) is 8.97. The van der Waals surface area contributed by atoms with E-state index in [-0.39, 0.29) is 0 Å². The molecule has 0 bridgehead atoms. The molecule has 0 aliphatic carbocycles. The molecule has 0 saturated carbocycles. The molecule has 0 aliphatic rings. The lowest BCUT2D eigenvalue weighted by Gasteiger charge is -1.89. The van der Waals surface area contributed by atoms with Crippen LogP contribution >= 0.6 is 11.5 Å². The standard InChI is InChI=1S/C7H9N3OS/c1-2-3-5(4-11)6-9-7(8)12-10-6/h3-4H,2H2,1H3,(H2,8,9,10)/b5-3-. The quantitative estimate of drug-likeness (QED) is 0.563. The maximum Gasteiger partial charge on any atom is 0.200 e. The molecule has 5 heteroatoms. The van der Waals surface area contributed by atoms with Crippen LogP contribution in [-0.4, -0.2) is 15.6 Å². The van der Waals surface area contributed by atoms with Crippen molar-refractivity contribution in [3.8, 4) is 0 Å². The van der Waals surface area contributed by atoms with Gasteiger partial charge in [0, 0.05) is 11.5 Å². The zero-order valence-corrected chi connectivity index (χ0v) is 7.47. The largest absolute Gasteiger partial charge is 0.374 e. The fourth-order valence-electron chi connectivity index (χ4n) is 0.764. The van der Waals surface area contributed by atoms with Gasteiger partial charge >= 0.3 is 0 Å². The van der Waals surface area contributed by atoms with Crippen LogP contribution in [0.3, 0.4) is 0 Å². The summed E-state index contributed by atoms with van der Waals surface area (Å²) < 4.78 is 3.91. The van der Waals surface area contributed by atoms with Crippen LogP contribution in [0.25, 0.3) is 5.57 Å². The first kappa shape index (κ1) is 8.86. The summed E-state index contributed by atoms with van der Waals surface area (Å²) in [5.41, 5.74) is 5.87. The molecule has 0 atom stereocenters. The molecule has 0 fully saturated rings. The minimum Gasteiger partial charge on any atom is -0.374 e. The highest BCUT2D eigenvalue weighted by atomic mass is 32.1. The summed E-state index contributed by atoms with van der Waals surface area (Å²) in [7, 11) is 0. The number of nitrogen functional groups attached to an aromatic ring is 1. The third-order valence-electron chi connectivity index (χ3n) is 1.25. The second-order valence-corrected chi connectivity index (χ2v) is 2.93. The number of nitrogens with two attached hydrogens (primary N) is 1. The molecule has 1 aromatic rings. The number of hydrogen-bond acceptors (Lipinski definition) is 5. The molecule has 1 rings (SSSR count). The van der Waals surface area contributed by atoms with Crippen LogP contribution in [0.2, 0.25) is 0 Å². The van der Waals surface area contributed by atoms with Crippen molar-refractivity contribution in [2.75, 3.05) is 5.73 Å². The second-order valence-electron chi connectivity index (χ2n) is 2.14. The summed E-state index contributed by atoms with van der Waals surface area (Å²) in [5.74, 6) is 0.425. The zero-order valence-electron chi connectivity index (χ0n) is 6.65. The van der Waals surface area contributed by atoms with Gasteiger partial charge < -0.3 is 5.73 Å². The predicted molar refractivity (Wildman–Crippen MR) is 48.7 cm³/mol. The van der Waals surface area contributed by atoms with Gasteiger partial charge in [0.15, 0.2) is 17.2 Å². The maximum absolute atomic E-state index is 10.5. The van der Waals surface area contributed by atoms with Crippen molar-refractivity contribution < 1.29 is 4.79 Å². The van der Waals surface area contributed by atoms with Crippen molar-refractivity contribution in [3.63, 3.8) is 0 Å². The first-order valence-corrected chi connectivity index (χ1v) is 4.30. The topological polar surface area (TPSA) is 68.9 Å². The SMILES string of the molecule is CC/C=C(/C=O)c1nsc(N)n1. The molecule has 1 aromatic heterocycles. The van der Waals surface area contributed by atoms with Crippen LogP contribution in [0.1, 0.15) is 19.2 Å². The Kier molecular flexibility index (Phi) is 2.93. The summed E-state index contributed by atoms with van der Waals surface area (Å²) >= 11 is 1.09. The number of nitrogens with zero attached hydrogens (tertiary/aromatic N) is 2. The monoisotopic (exact) mass is 183 g/mol. The first-order valence-electron chi connectivity index (χ1n) is 3.52. The molecule has 64 valence electrons. The average molecular weight is 183 g/mol. The summed E-state index contributed by atoms with van der Waals surface area (Å²) in [4.78, 5) is 14.4. The molecule has 0 amide bonds. The Labute approximate surface area is 74.3 Å². The Bertz CT molecular complexity index is 305. The Morgan fingerprint density at radius 3 is 2.92 bits per heavy atom. The second kappa shape index (κ2) is 3.96. The minimum absolute atomic E-state index is 0.383. The van der Waals surface area contributed by atoms with Crippen LogP contribution in [0, 0.1) is 0 Å². The number of hydrogen-bond donors (Lipinski definition) is 1. The Balaban J connectivity index is 2.94. The van der Waals surface area contributed by atoms with Crippen molar-refractivity contribution in [1.82, 2.24) is 9.36 Å². The van der Waals surface area contributed by atoms with Gasteiger partial charge in [0.1, 0.15) is 0 Å². The van der Waals surface area contributed by atoms with Crippen LogP contribution < -0.4 is 5.73 Å². The number of rotatable bonds is 3. The highest BCUT2D eigenvalue weighted by molar-refractivity contribution is 7.09. The highest BCUT2D eigenvalue weighted by Crippen LogP contribution is 2.13. The van der Waals surface area contributed by atoms with E-state index in [2.05, 4.69) is 9.36 Å². The number of anilines is 1. The van der Waals surface area contributed by atoms with E-state index in [4.69, 9.17) is 5.73 Å². The third kappa shape index (κ3) is 1.88. The number of aldehydes is 1. The number of aromatic nitrogens is 2. The number of carbonyl (C=O) groups is 1. The van der Waals surface area contributed by atoms with E-state index in [1.165, 1.54) is 0 Å². The average Bonchev–Trinajstić information content (AvgIpc) is 2.47. The van der Waals surface area contributed by atoms with Gasteiger partial charge in [-0.1, -0.05) is 13.0 Å². The van der Waals surface area contributed by atoms with Gasteiger partial charge in [-0.25, -0.2) is 0 Å². The Morgan fingerprint density at radius 1 is 1.75 bits per heavy atom. The van der Waals surface area contributed by atoms with Crippen molar-refractivity contribution in [2.45, 2.75) is 13.3 Å². The first-order chi connectivity index (χ1) is 5.77. The fraction of sp³-hybridized carbons (Fsp3) is 0.286. The predicted octanol–water partition coefficient (Wildman–Crippen LogP) is 1.11. The van der Waals surface area contributed by atoms with Gasteiger partial charge in [-0.05, 0) is 6.42 Å². The smallest absolute Gasteiger partial charge is 0.200 e. The van der Waals surface area contributed by atoms with E-state index in [0.717, 1.165) is 24.2 Å². The van der Waals surface area contributed by atoms with Crippen LogP contribution in [-0.2, 0) is 4.79 Å². The lowest BCUT2D eigenvalue weighted by atomic mass is 10.2. The van der Waals surface area contributed by atoms with Gasteiger partial charge in [-0.3, -0.25) is 4.79 Å². The normalized spacial score (nSPS) is 11.6. The fourth-order valence-corrected chi connectivity index (χ4v) is 1.22. The Hall–Kier alpha value is -1.23. The van der Waals surface area contributed by atoms with Gasteiger partial charge in [0.05, 0.1) is 5.57 Å². The molecule has 1 heterocycles.